The Hall–Kier alpha value is -2.38. The van der Waals surface area contributed by atoms with Gasteiger partial charge < -0.3 is 19.0 Å². The molecule has 0 radical (unpaired) electrons. The number of nitrogens with zero attached hydrogens (tertiary/aromatic N) is 1. The van der Waals surface area contributed by atoms with Crippen molar-refractivity contribution in [2.45, 2.75) is 19.6 Å². The molecule has 1 heterocycles. The second-order valence-corrected chi connectivity index (χ2v) is 4.79. The molecule has 118 valence electrons. The van der Waals surface area contributed by atoms with Gasteiger partial charge in [0.05, 0.1) is 17.8 Å². The molecule has 2 aromatic rings. The Bertz CT molecular complexity index is 611. The molecule has 7 nitrogen and oxygen atoms in total. The number of ether oxygens (including phenoxy) is 2. The minimum absolute atomic E-state index is 0.0420. The van der Waals surface area contributed by atoms with Crippen molar-refractivity contribution < 1.29 is 23.9 Å². The van der Waals surface area contributed by atoms with E-state index in [1.165, 1.54) is 18.4 Å². The Morgan fingerprint density at radius 1 is 1.36 bits per heavy atom. The standard InChI is InChI=1S/C15H17NO6/c1-11-4-5-15(14(7-11)16(18)19)22-9-12(17)8-20-10-13-3-2-6-21-13/h2-7,12,17H,8-10H2,1H3. The molecular formula is C15H17NO6. The summed E-state index contributed by atoms with van der Waals surface area (Å²) >= 11 is 0. The van der Waals surface area contributed by atoms with Crippen LogP contribution in [-0.2, 0) is 11.3 Å². The monoisotopic (exact) mass is 307 g/mol. The third-order valence-corrected chi connectivity index (χ3v) is 2.88. The first-order valence-electron chi connectivity index (χ1n) is 6.72. The highest BCUT2D eigenvalue weighted by atomic mass is 16.6. The van der Waals surface area contributed by atoms with Gasteiger partial charge in [-0.25, -0.2) is 0 Å². The highest BCUT2D eigenvalue weighted by Crippen LogP contribution is 2.27. The van der Waals surface area contributed by atoms with Crippen molar-refractivity contribution >= 4 is 5.69 Å². The Kier molecular flexibility index (Phi) is 5.51. The summed E-state index contributed by atoms with van der Waals surface area (Å²) in [7, 11) is 0. The van der Waals surface area contributed by atoms with Crippen LogP contribution in [0.2, 0.25) is 0 Å². The Labute approximate surface area is 127 Å². The van der Waals surface area contributed by atoms with Crippen molar-refractivity contribution in [3.8, 4) is 5.75 Å². The second kappa shape index (κ2) is 7.58. The van der Waals surface area contributed by atoms with Gasteiger partial charge in [-0.05, 0) is 30.7 Å². The zero-order valence-electron chi connectivity index (χ0n) is 12.1. The molecule has 1 atom stereocenters. The molecule has 0 bridgehead atoms. The number of nitro groups is 1. The van der Waals surface area contributed by atoms with Gasteiger partial charge in [0.1, 0.15) is 25.1 Å². The van der Waals surface area contributed by atoms with Crippen LogP contribution in [0.25, 0.3) is 0 Å². The quantitative estimate of drug-likeness (QED) is 0.594. The van der Waals surface area contributed by atoms with Crippen LogP contribution in [-0.4, -0.2) is 29.3 Å². The average molecular weight is 307 g/mol. The van der Waals surface area contributed by atoms with Crippen molar-refractivity contribution in [1.82, 2.24) is 0 Å². The number of nitro benzene ring substituents is 1. The van der Waals surface area contributed by atoms with E-state index < -0.39 is 11.0 Å². The van der Waals surface area contributed by atoms with Crippen molar-refractivity contribution in [3.05, 3.63) is 58.0 Å². The molecule has 7 heteroatoms. The van der Waals surface area contributed by atoms with Gasteiger partial charge in [0, 0.05) is 6.07 Å². The molecule has 2 rings (SSSR count). The van der Waals surface area contributed by atoms with E-state index in [-0.39, 0.29) is 31.3 Å². The summed E-state index contributed by atoms with van der Waals surface area (Å²) in [6, 6.07) is 8.16. The number of rotatable bonds is 8. The zero-order valence-corrected chi connectivity index (χ0v) is 12.1. The molecule has 0 saturated carbocycles. The predicted octanol–water partition coefficient (Wildman–Crippen LogP) is 2.45. The summed E-state index contributed by atoms with van der Waals surface area (Å²) in [6.45, 7) is 1.95. The molecule has 0 fully saturated rings. The lowest BCUT2D eigenvalue weighted by Crippen LogP contribution is -2.23. The van der Waals surface area contributed by atoms with Gasteiger partial charge in [-0.1, -0.05) is 6.07 Å². The normalized spacial score (nSPS) is 12.1. The van der Waals surface area contributed by atoms with E-state index in [2.05, 4.69) is 0 Å². The lowest BCUT2D eigenvalue weighted by Gasteiger charge is -2.12. The Morgan fingerprint density at radius 3 is 2.86 bits per heavy atom. The highest BCUT2D eigenvalue weighted by Gasteiger charge is 2.16. The Balaban J connectivity index is 1.80. The van der Waals surface area contributed by atoms with Gasteiger partial charge in [0.15, 0.2) is 5.75 Å². The lowest BCUT2D eigenvalue weighted by molar-refractivity contribution is -0.386. The summed E-state index contributed by atoms with van der Waals surface area (Å²) in [6.07, 6.45) is 0.644. The fourth-order valence-corrected chi connectivity index (χ4v) is 1.82. The highest BCUT2D eigenvalue weighted by molar-refractivity contribution is 5.48. The second-order valence-electron chi connectivity index (χ2n) is 4.79. The van der Waals surface area contributed by atoms with Crippen LogP contribution in [0, 0.1) is 17.0 Å². The van der Waals surface area contributed by atoms with Gasteiger partial charge in [0.25, 0.3) is 0 Å². The number of aliphatic hydroxyl groups is 1. The molecule has 0 aliphatic heterocycles. The summed E-state index contributed by atoms with van der Waals surface area (Å²) in [4.78, 5) is 10.4. The number of hydrogen-bond donors (Lipinski definition) is 1. The van der Waals surface area contributed by atoms with Crippen LogP contribution in [0.1, 0.15) is 11.3 Å². The van der Waals surface area contributed by atoms with Crippen molar-refractivity contribution in [3.63, 3.8) is 0 Å². The molecule has 1 aromatic carbocycles. The maximum absolute atomic E-state index is 11.0. The third kappa shape index (κ3) is 4.57. The van der Waals surface area contributed by atoms with Gasteiger partial charge >= 0.3 is 5.69 Å². The maximum Gasteiger partial charge on any atom is 0.311 e. The van der Waals surface area contributed by atoms with E-state index in [1.807, 2.05) is 0 Å². The molecule has 0 saturated heterocycles. The van der Waals surface area contributed by atoms with E-state index >= 15 is 0 Å². The third-order valence-electron chi connectivity index (χ3n) is 2.88. The van der Waals surface area contributed by atoms with Gasteiger partial charge in [0.2, 0.25) is 0 Å². The molecule has 0 aliphatic rings. The Morgan fingerprint density at radius 2 is 2.18 bits per heavy atom. The molecule has 0 spiro atoms. The summed E-state index contributed by atoms with van der Waals surface area (Å²) in [5.74, 6) is 0.781. The van der Waals surface area contributed by atoms with Gasteiger partial charge in [-0.3, -0.25) is 10.1 Å². The SMILES string of the molecule is Cc1ccc(OCC(O)COCc2ccco2)c([N+](=O)[O-])c1. The van der Waals surface area contributed by atoms with Crippen molar-refractivity contribution in [1.29, 1.82) is 0 Å². The van der Waals surface area contributed by atoms with E-state index in [9.17, 15) is 15.2 Å². The lowest BCUT2D eigenvalue weighted by atomic mass is 10.2. The summed E-state index contributed by atoms with van der Waals surface area (Å²) < 4.78 is 15.7. The average Bonchev–Trinajstić information content (AvgIpc) is 2.99. The molecular weight excluding hydrogens is 290 g/mol. The van der Waals surface area contributed by atoms with Crippen molar-refractivity contribution in [2.24, 2.45) is 0 Å². The van der Waals surface area contributed by atoms with Crippen LogP contribution >= 0.6 is 0 Å². The van der Waals surface area contributed by atoms with Crippen LogP contribution in [0.4, 0.5) is 5.69 Å². The smallest absolute Gasteiger partial charge is 0.311 e. The van der Waals surface area contributed by atoms with E-state index in [0.717, 1.165) is 5.56 Å². The predicted molar refractivity (Wildman–Crippen MR) is 77.7 cm³/mol. The van der Waals surface area contributed by atoms with E-state index in [0.29, 0.717) is 5.76 Å². The minimum atomic E-state index is -0.893. The summed E-state index contributed by atoms with van der Waals surface area (Å²) in [5.41, 5.74) is 0.644. The molecule has 0 amide bonds. The molecule has 1 aromatic heterocycles. The van der Waals surface area contributed by atoms with Crippen LogP contribution in [0.3, 0.4) is 0 Å². The topological polar surface area (TPSA) is 95.0 Å². The fourth-order valence-electron chi connectivity index (χ4n) is 1.82. The first-order chi connectivity index (χ1) is 10.6. The first-order valence-corrected chi connectivity index (χ1v) is 6.72. The minimum Gasteiger partial charge on any atom is -0.484 e. The van der Waals surface area contributed by atoms with Gasteiger partial charge in [-0.2, -0.15) is 0 Å². The molecule has 1 unspecified atom stereocenters. The maximum atomic E-state index is 11.0. The molecule has 0 aliphatic carbocycles. The zero-order chi connectivity index (χ0) is 15.9. The van der Waals surface area contributed by atoms with Crippen LogP contribution in [0.5, 0.6) is 5.75 Å². The largest absolute Gasteiger partial charge is 0.484 e. The van der Waals surface area contributed by atoms with E-state index in [1.54, 1.807) is 25.1 Å². The fraction of sp³-hybridized carbons (Fsp3) is 0.333. The van der Waals surface area contributed by atoms with Gasteiger partial charge in [-0.15, -0.1) is 0 Å². The van der Waals surface area contributed by atoms with E-state index in [4.69, 9.17) is 13.9 Å². The van der Waals surface area contributed by atoms with Crippen LogP contribution < -0.4 is 4.74 Å². The number of aryl methyl sites for hydroxylation is 1. The number of aliphatic hydroxyl groups excluding tert-OH is 1. The molecule has 22 heavy (non-hydrogen) atoms. The summed E-state index contributed by atoms with van der Waals surface area (Å²) in [5, 5.41) is 20.7. The molecule has 1 N–H and O–H groups in total. The number of hydrogen-bond acceptors (Lipinski definition) is 6. The number of furan rings is 1. The van der Waals surface area contributed by atoms with Crippen molar-refractivity contribution in [2.75, 3.05) is 13.2 Å². The number of benzene rings is 1. The van der Waals surface area contributed by atoms with Crippen LogP contribution in [0.15, 0.2) is 41.0 Å². The first kappa shape index (κ1) is 16.0.